The maximum absolute atomic E-state index is 9.46. The van der Waals surface area contributed by atoms with Gasteiger partial charge in [0.25, 0.3) is 0 Å². The number of ether oxygens (including phenoxy) is 1. The number of likely N-dealkylation sites (N-methyl/N-ethyl adjacent to an activating group) is 1. The molecule has 0 aromatic heterocycles. The van der Waals surface area contributed by atoms with Crippen LogP contribution in [-0.2, 0) is 4.74 Å². The standard InChI is InChI=1S/C25H29NO2/c1-19(27)17-20(2)28-16-15-22-11-7-8-12-24(22)25-14-13-23(18-26(25)3)21-9-5-4-6-10-21/h4-16,18-20,25,27H,17H2,1-3H3/b16-15+. The Morgan fingerprint density at radius 2 is 1.79 bits per heavy atom. The predicted octanol–water partition coefficient (Wildman–Crippen LogP) is 5.42. The van der Waals surface area contributed by atoms with E-state index in [0.29, 0.717) is 6.42 Å². The van der Waals surface area contributed by atoms with Crippen LogP contribution >= 0.6 is 0 Å². The van der Waals surface area contributed by atoms with Gasteiger partial charge in [-0.3, -0.25) is 0 Å². The lowest BCUT2D eigenvalue weighted by Crippen LogP contribution is -2.20. The summed E-state index contributed by atoms with van der Waals surface area (Å²) < 4.78 is 5.72. The van der Waals surface area contributed by atoms with Gasteiger partial charge in [0, 0.05) is 19.7 Å². The second kappa shape index (κ2) is 9.43. The van der Waals surface area contributed by atoms with Crippen LogP contribution < -0.4 is 0 Å². The van der Waals surface area contributed by atoms with E-state index < -0.39 is 0 Å². The summed E-state index contributed by atoms with van der Waals surface area (Å²) in [4.78, 5) is 2.24. The first-order chi connectivity index (χ1) is 13.5. The predicted molar refractivity (Wildman–Crippen MR) is 116 cm³/mol. The number of hydrogen-bond donors (Lipinski definition) is 1. The van der Waals surface area contributed by atoms with Gasteiger partial charge in [-0.25, -0.2) is 0 Å². The van der Waals surface area contributed by atoms with Crippen molar-refractivity contribution in [3.63, 3.8) is 0 Å². The molecule has 0 bridgehead atoms. The van der Waals surface area contributed by atoms with Crippen LogP contribution in [0.2, 0.25) is 0 Å². The Labute approximate surface area is 168 Å². The SMILES string of the molecule is CC(O)CC(C)O/C=C/c1ccccc1C1C=CC(c2ccccc2)=CN1C. The Bertz CT molecular complexity index is 852. The normalized spacial score (nSPS) is 18.8. The molecule has 2 aromatic carbocycles. The third kappa shape index (κ3) is 5.14. The molecule has 3 rings (SSSR count). The van der Waals surface area contributed by atoms with Crippen molar-refractivity contribution in [3.05, 3.63) is 95.9 Å². The number of nitrogens with zero attached hydrogens (tertiary/aromatic N) is 1. The molecule has 0 spiro atoms. The Balaban J connectivity index is 1.75. The van der Waals surface area contributed by atoms with Crippen molar-refractivity contribution in [2.24, 2.45) is 0 Å². The Morgan fingerprint density at radius 3 is 2.50 bits per heavy atom. The molecule has 0 saturated carbocycles. The first-order valence-electron chi connectivity index (χ1n) is 9.81. The zero-order valence-electron chi connectivity index (χ0n) is 16.8. The van der Waals surface area contributed by atoms with Gasteiger partial charge < -0.3 is 14.7 Å². The fourth-order valence-electron chi connectivity index (χ4n) is 3.51. The molecule has 0 fully saturated rings. The zero-order chi connectivity index (χ0) is 19.9. The van der Waals surface area contributed by atoms with E-state index in [2.05, 4.69) is 72.8 Å². The summed E-state index contributed by atoms with van der Waals surface area (Å²) in [6.45, 7) is 3.75. The molecule has 146 valence electrons. The van der Waals surface area contributed by atoms with E-state index in [0.717, 1.165) is 5.56 Å². The van der Waals surface area contributed by atoms with Crippen molar-refractivity contribution >= 4 is 11.6 Å². The minimum absolute atomic E-state index is 0.0166. The van der Waals surface area contributed by atoms with Crippen LogP contribution in [0.25, 0.3) is 11.6 Å². The fraction of sp³-hybridized carbons (Fsp3) is 0.280. The Hall–Kier alpha value is -2.78. The number of benzene rings is 2. The van der Waals surface area contributed by atoms with Crippen molar-refractivity contribution < 1.29 is 9.84 Å². The molecule has 3 heteroatoms. The first-order valence-corrected chi connectivity index (χ1v) is 9.81. The molecular formula is C25H29NO2. The number of aliphatic hydroxyl groups is 1. The number of hydrogen-bond acceptors (Lipinski definition) is 3. The molecule has 0 amide bonds. The van der Waals surface area contributed by atoms with Crippen molar-refractivity contribution in [3.8, 4) is 0 Å². The summed E-state index contributed by atoms with van der Waals surface area (Å²) in [7, 11) is 2.11. The highest BCUT2D eigenvalue weighted by Crippen LogP contribution is 2.32. The summed E-state index contributed by atoms with van der Waals surface area (Å²) in [5, 5.41) is 9.46. The minimum atomic E-state index is -0.359. The van der Waals surface area contributed by atoms with Gasteiger partial charge in [-0.15, -0.1) is 0 Å². The molecule has 3 atom stereocenters. The molecule has 0 radical (unpaired) electrons. The number of aliphatic hydroxyl groups excluding tert-OH is 1. The van der Waals surface area contributed by atoms with Crippen molar-refractivity contribution in [1.29, 1.82) is 0 Å². The van der Waals surface area contributed by atoms with Gasteiger partial charge in [0.15, 0.2) is 0 Å². The van der Waals surface area contributed by atoms with E-state index in [1.807, 2.05) is 25.1 Å². The van der Waals surface area contributed by atoms with E-state index in [-0.39, 0.29) is 18.2 Å². The Kier molecular flexibility index (Phi) is 6.72. The third-order valence-corrected chi connectivity index (χ3v) is 4.89. The van der Waals surface area contributed by atoms with Gasteiger partial charge in [-0.05, 0) is 42.2 Å². The molecule has 28 heavy (non-hydrogen) atoms. The summed E-state index contributed by atoms with van der Waals surface area (Å²) in [5.74, 6) is 0. The molecule has 3 unspecified atom stereocenters. The van der Waals surface area contributed by atoms with Crippen molar-refractivity contribution in [2.45, 2.75) is 38.5 Å². The summed E-state index contributed by atoms with van der Waals surface area (Å²) in [6.07, 6.45) is 10.6. The van der Waals surface area contributed by atoms with Gasteiger partial charge in [0.1, 0.15) is 0 Å². The maximum Gasteiger partial charge on any atom is 0.0974 e. The molecule has 1 aliphatic heterocycles. The smallest absolute Gasteiger partial charge is 0.0974 e. The van der Waals surface area contributed by atoms with Crippen LogP contribution in [0.15, 0.2) is 79.2 Å². The van der Waals surface area contributed by atoms with E-state index in [1.54, 1.807) is 13.2 Å². The number of rotatable bonds is 7. The maximum atomic E-state index is 9.46. The molecule has 2 aromatic rings. The highest BCUT2D eigenvalue weighted by molar-refractivity contribution is 5.75. The molecule has 1 aliphatic rings. The van der Waals surface area contributed by atoms with E-state index in [1.165, 1.54) is 16.7 Å². The molecule has 1 N–H and O–H groups in total. The van der Waals surface area contributed by atoms with Gasteiger partial charge in [-0.2, -0.15) is 0 Å². The zero-order valence-corrected chi connectivity index (χ0v) is 16.8. The van der Waals surface area contributed by atoms with E-state index >= 15 is 0 Å². The highest BCUT2D eigenvalue weighted by Gasteiger charge is 2.18. The lowest BCUT2D eigenvalue weighted by molar-refractivity contribution is 0.0888. The minimum Gasteiger partial charge on any atom is -0.498 e. The lowest BCUT2D eigenvalue weighted by atomic mass is 9.95. The van der Waals surface area contributed by atoms with Gasteiger partial charge in [0.2, 0.25) is 0 Å². The second-order valence-corrected chi connectivity index (χ2v) is 7.38. The largest absolute Gasteiger partial charge is 0.498 e. The van der Waals surface area contributed by atoms with Crippen LogP contribution in [0.3, 0.4) is 0 Å². The van der Waals surface area contributed by atoms with Gasteiger partial charge in [-0.1, -0.05) is 66.7 Å². The van der Waals surface area contributed by atoms with Crippen molar-refractivity contribution in [2.75, 3.05) is 7.05 Å². The highest BCUT2D eigenvalue weighted by atomic mass is 16.5. The number of allylic oxidation sites excluding steroid dienone is 2. The summed E-state index contributed by atoms with van der Waals surface area (Å²) >= 11 is 0. The molecular weight excluding hydrogens is 346 g/mol. The van der Waals surface area contributed by atoms with E-state index in [4.69, 9.17) is 4.74 Å². The average molecular weight is 376 g/mol. The first kappa shape index (κ1) is 20.0. The summed E-state index contributed by atoms with van der Waals surface area (Å²) in [6, 6.07) is 19.0. The van der Waals surface area contributed by atoms with Crippen LogP contribution in [-0.4, -0.2) is 29.3 Å². The monoisotopic (exact) mass is 375 g/mol. The summed E-state index contributed by atoms with van der Waals surface area (Å²) in [5.41, 5.74) is 4.79. The quantitative estimate of drug-likeness (QED) is 0.656. The van der Waals surface area contributed by atoms with E-state index in [9.17, 15) is 5.11 Å². The molecule has 0 aliphatic carbocycles. The fourth-order valence-corrected chi connectivity index (χ4v) is 3.51. The van der Waals surface area contributed by atoms with Crippen molar-refractivity contribution in [1.82, 2.24) is 4.90 Å². The molecule has 0 saturated heterocycles. The molecule has 1 heterocycles. The van der Waals surface area contributed by atoms with Crippen LogP contribution in [0.5, 0.6) is 0 Å². The molecule has 3 nitrogen and oxygen atoms in total. The van der Waals surface area contributed by atoms with Gasteiger partial charge in [0.05, 0.1) is 24.5 Å². The second-order valence-electron chi connectivity index (χ2n) is 7.38. The lowest BCUT2D eigenvalue weighted by Gasteiger charge is -2.30. The van der Waals surface area contributed by atoms with Crippen LogP contribution in [0.4, 0.5) is 0 Å². The Morgan fingerprint density at radius 1 is 1.07 bits per heavy atom. The average Bonchev–Trinajstić information content (AvgIpc) is 2.68. The van der Waals surface area contributed by atoms with Crippen LogP contribution in [0.1, 0.15) is 43.0 Å². The van der Waals surface area contributed by atoms with Crippen LogP contribution in [0, 0.1) is 0 Å². The van der Waals surface area contributed by atoms with Gasteiger partial charge >= 0.3 is 0 Å². The topological polar surface area (TPSA) is 32.7 Å². The third-order valence-electron chi connectivity index (χ3n) is 4.89.